The highest BCUT2D eigenvalue weighted by molar-refractivity contribution is 9.10. The zero-order valence-electron chi connectivity index (χ0n) is 18.9. The van der Waals surface area contributed by atoms with Crippen molar-refractivity contribution in [2.45, 2.75) is 37.5 Å². The number of nitrogens with zero attached hydrogens (tertiary/aromatic N) is 2. The van der Waals surface area contributed by atoms with Crippen LogP contribution in [-0.4, -0.2) is 16.0 Å². The maximum absolute atomic E-state index is 14.2. The molecule has 5 heteroatoms. The van der Waals surface area contributed by atoms with E-state index in [1.54, 1.807) is 0 Å². The third-order valence-corrected chi connectivity index (χ3v) is 7.69. The Labute approximate surface area is 207 Å². The summed E-state index contributed by atoms with van der Waals surface area (Å²) in [7, 11) is 0. The van der Waals surface area contributed by atoms with Crippen LogP contribution in [-0.2, 0) is 11.4 Å². The second-order valence-electron chi connectivity index (χ2n) is 9.19. The molecule has 170 valence electrons. The third kappa shape index (κ3) is 3.34. The van der Waals surface area contributed by atoms with Crippen molar-refractivity contribution in [3.63, 3.8) is 0 Å². The molecule has 0 aliphatic carbocycles. The Bertz CT molecular complexity index is 1330. The molecule has 3 unspecified atom stereocenters. The first-order valence-electron chi connectivity index (χ1n) is 11.6. The zero-order valence-corrected chi connectivity index (χ0v) is 20.5. The van der Waals surface area contributed by atoms with Crippen LogP contribution in [0.1, 0.15) is 45.6 Å². The van der Waals surface area contributed by atoms with E-state index in [4.69, 9.17) is 4.84 Å². The largest absolute Gasteiger partial charge is 0.345 e. The highest BCUT2D eigenvalue weighted by Crippen LogP contribution is 2.56. The number of carbonyl (C=O) groups is 1. The molecule has 1 fully saturated rings. The van der Waals surface area contributed by atoms with Gasteiger partial charge in [-0.25, -0.2) is 5.06 Å². The van der Waals surface area contributed by atoms with E-state index in [9.17, 15) is 4.79 Å². The van der Waals surface area contributed by atoms with Crippen molar-refractivity contribution in [2.24, 2.45) is 0 Å². The molecule has 3 atom stereocenters. The molecule has 3 aromatic carbocycles. The number of carbonyl (C=O) groups excluding carboxylic acids is 1. The molecule has 0 amide bonds. The van der Waals surface area contributed by atoms with E-state index < -0.39 is 5.60 Å². The van der Waals surface area contributed by atoms with Crippen molar-refractivity contribution in [3.05, 3.63) is 124 Å². The summed E-state index contributed by atoms with van der Waals surface area (Å²) in [5.41, 5.74) is 4.10. The molecular formula is C29H25BrN2O2. The van der Waals surface area contributed by atoms with E-state index in [0.29, 0.717) is 12.1 Å². The fraction of sp³-hybridized carbons (Fsp3) is 0.207. The molecule has 2 aliphatic rings. The fourth-order valence-corrected chi connectivity index (χ4v) is 5.76. The minimum Gasteiger partial charge on any atom is -0.345 e. The topological polar surface area (TPSA) is 34.5 Å². The zero-order chi connectivity index (χ0) is 23.3. The number of hydroxylamine groups is 1. The molecule has 1 spiro atoms. The highest BCUT2D eigenvalue weighted by atomic mass is 79.9. The van der Waals surface area contributed by atoms with E-state index in [1.807, 2.05) is 46.2 Å². The number of anilines is 1. The molecular weight excluding hydrogens is 488 g/mol. The minimum atomic E-state index is -0.992. The average molecular weight is 513 g/mol. The number of Topliss-reactive ketones (excluding diaryl/α,β-unsaturated/α-hetero) is 1. The van der Waals surface area contributed by atoms with E-state index >= 15 is 0 Å². The van der Waals surface area contributed by atoms with Crippen LogP contribution in [0.25, 0.3) is 0 Å². The normalized spacial score (nSPS) is 23.9. The number of hydrogen-bond acceptors (Lipinski definition) is 3. The van der Waals surface area contributed by atoms with Gasteiger partial charge in [0.1, 0.15) is 0 Å². The Kier molecular flexibility index (Phi) is 5.19. The number of halogens is 1. The third-order valence-electron chi connectivity index (χ3n) is 7.16. The number of aromatic nitrogens is 1. The van der Waals surface area contributed by atoms with Crippen LogP contribution in [0.4, 0.5) is 5.69 Å². The van der Waals surface area contributed by atoms with Crippen molar-refractivity contribution in [1.29, 1.82) is 0 Å². The Morgan fingerprint density at radius 3 is 2.32 bits per heavy atom. The predicted octanol–water partition coefficient (Wildman–Crippen LogP) is 6.86. The van der Waals surface area contributed by atoms with Gasteiger partial charge in [0.25, 0.3) is 0 Å². The summed E-state index contributed by atoms with van der Waals surface area (Å²) in [5, 5.41) is 1.98. The molecule has 1 saturated heterocycles. The van der Waals surface area contributed by atoms with Gasteiger partial charge in [-0.1, -0.05) is 76.1 Å². The lowest BCUT2D eigenvalue weighted by atomic mass is 9.70. The molecule has 0 bridgehead atoms. The van der Waals surface area contributed by atoms with Crippen LogP contribution in [0.5, 0.6) is 0 Å². The summed E-state index contributed by atoms with van der Waals surface area (Å²) in [6, 6.07) is 30.8. The minimum absolute atomic E-state index is 0.0483. The first kappa shape index (κ1) is 21.4. The van der Waals surface area contributed by atoms with Crippen LogP contribution < -0.4 is 5.06 Å². The van der Waals surface area contributed by atoms with Gasteiger partial charge in [-0.05, 0) is 54.4 Å². The molecule has 4 nitrogen and oxygen atoms in total. The lowest BCUT2D eigenvalue weighted by Gasteiger charge is -2.36. The number of aryl methyl sites for hydroxylation is 2. The number of hydrogen-bond donors (Lipinski definition) is 0. The summed E-state index contributed by atoms with van der Waals surface area (Å²) in [4.78, 5) is 21.0. The molecule has 0 saturated carbocycles. The van der Waals surface area contributed by atoms with Gasteiger partial charge in [0.05, 0.1) is 23.3 Å². The van der Waals surface area contributed by atoms with Gasteiger partial charge in [0, 0.05) is 23.6 Å². The number of ketones is 1. The lowest BCUT2D eigenvalue weighted by molar-refractivity contribution is -0.0195. The van der Waals surface area contributed by atoms with Crippen LogP contribution in [0.2, 0.25) is 0 Å². The molecule has 1 aromatic heterocycles. The standard InChI is InChI=1S/C29H25BrN2O2/c1-20-9-11-22(12-10-20)27-26(21-13-15-23(30)16-14-21)29(34-32(27)24-6-3-2-4-7-24)17-19-31-18-5-8-25(31)28(29)33/h2-16,18,26-27H,17,19H2,1H3. The Hall–Kier alpha value is -3.15. The maximum Gasteiger partial charge on any atom is 0.214 e. The van der Waals surface area contributed by atoms with Crippen molar-refractivity contribution < 1.29 is 9.63 Å². The molecule has 3 heterocycles. The summed E-state index contributed by atoms with van der Waals surface area (Å²) < 4.78 is 3.06. The smallest absolute Gasteiger partial charge is 0.214 e. The molecule has 4 aromatic rings. The van der Waals surface area contributed by atoms with Crippen LogP contribution in [0, 0.1) is 6.92 Å². The van der Waals surface area contributed by atoms with Crippen LogP contribution in [0.15, 0.2) is 102 Å². The summed E-state index contributed by atoms with van der Waals surface area (Å²) in [5.74, 6) is -0.133. The Balaban J connectivity index is 1.59. The van der Waals surface area contributed by atoms with E-state index in [-0.39, 0.29) is 17.7 Å². The second kappa shape index (κ2) is 8.26. The molecule has 0 radical (unpaired) electrons. The highest BCUT2D eigenvalue weighted by Gasteiger charge is 2.61. The number of benzene rings is 3. The predicted molar refractivity (Wildman–Crippen MR) is 137 cm³/mol. The monoisotopic (exact) mass is 512 g/mol. The fourth-order valence-electron chi connectivity index (χ4n) is 5.50. The van der Waals surface area contributed by atoms with Gasteiger partial charge in [-0.15, -0.1) is 0 Å². The van der Waals surface area contributed by atoms with E-state index in [2.05, 4.69) is 83.5 Å². The van der Waals surface area contributed by atoms with E-state index in [0.717, 1.165) is 27.8 Å². The van der Waals surface area contributed by atoms with Gasteiger partial charge in [0.2, 0.25) is 5.78 Å². The first-order valence-corrected chi connectivity index (χ1v) is 12.4. The van der Waals surface area contributed by atoms with Crippen molar-refractivity contribution in [1.82, 2.24) is 4.57 Å². The quantitative estimate of drug-likeness (QED) is 0.300. The number of fused-ring (bicyclic) bond motifs is 1. The summed E-state index contributed by atoms with van der Waals surface area (Å²) >= 11 is 3.57. The number of para-hydroxylation sites is 1. The Morgan fingerprint density at radius 1 is 0.882 bits per heavy atom. The van der Waals surface area contributed by atoms with Gasteiger partial charge >= 0.3 is 0 Å². The van der Waals surface area contributed by atoms with Gasteiger partial charge in [-0.3, -0.25) is 9.63 Å². The molecule has 34 heavy (non-hydrogen) atoms. The first-order chi connectivity index (χ1) is 16.6. The molecule has 2 aliphatic heterocycles. The van der Waals surface area contributed by atoms with Crippen LogP contribution >= 0.6 is 15.9 Å². The molecule has 0 N–H and O–H groups in total. The van der Waals surface area contributed by atoms with Gasteiger partial charge in [-0.2, -0.15) is 0 Å². The van der Waals surface area contributed by atoms with Crippen molar-refractivity contribution >= 4 is 27.4 Å². The van der Waals surface area contributed by atoms with E-state index in [1.165, 1.54) is 5.56 Å². The average Bonchev–Trinajstić information content (AvgIpc) is 3.47. The maximum atomic E-state index is 14.2. The second-order valence-corrected chi connectivity index (χ2v) is 10.1. The lowest BCUT2D eigenvalue weighted by Crippen LogP contribution is -2.48. The SMILES string of the molecule is Cc1ccc(C2C(c3ccc(Br)cc3)C3(CCn4cccc4C3=O)ON2c2ccccc2)cc1. The van der Waals surface area contributed by atoms with Crippen molar-refractivity contribution in [3.8, 4) is 0 Å². The number of rotatable bonds is 3. The van der Waals surface area contributed by atoms with Crippen molar-refractivity contribution in [2.75, 3.05) is 5.06 Å². The summed E-state index contributed by atoms with van der Waals surface area (Å²) in [6.45, 7) is 2.83. The van der Waals surface area contributed by atoms with Crippen LogP contribution in [0.3, 0.4) is 0 Å². The van der Waals surface area contributed by atoms with Gasteiger partial charge < -0.3 is 4.57 Å². The Morgan fingerprint density at radius 2 is 1.59 bits per heavy atom. The molecule has 6 rings (SSSR count). The van der Waals surface area contributed by atoms with Gasteiger partial charge in [0.15, 0.2) is 5.60 Å². The summed E-state index contributed by atoms with van der Waals surface area (Å²) in [6.07, 6.45) is 2.59.